The standard InChI is InChI=1S/C14H22N4O/c19-14(13-7-8-15-17-13)16-11-3-5-12(6-4-11)18-9-1-2-10-18/h7-8,11-12H,1-6,9-10H2,(H,15,17)(H,16,19). The van der Waals surface area contributed by atoms with E-state index in [1.54, 1.807) is 12.3 Å². The molecule has 1 aromatic rings. The number of aromatic amines is 1. The first kappa shape index (κ1) is 12.7. The molecule has 1 amide bonds. The van der Waals surface area contributed by atoms with Gasteiger partial charge >= 0.3 is 0 Å². The number of carbonyl (C=O) groups is 1. The summed E-state index contributed by atoms with van der Waals surface area (Å²) in [4.78, 5) is 14.5. The first-order valence-electron chi connectivity index (χ1n) is 7.37. The molecule has 3 rings (SSSR count). The average molecular weight is 262 g/mol. The molecule has 1 aliphatic heterocycles. The highest BCUT2D eigenvalue weighted by atomic mass is 16.2. The average Bonchev–Trinajstić information content (AvgIpc) is 3.13. The minimum absolute atomic E-state index is 0.0501. The number of rotatable bonds is 3. The van der Waals surface area contributed by atoms with Gasteiger partial charge in [0, 0.05) is 18.3 Å². The minimum Gasteiger partial charge on any atom is -0.348 e. The number of nitrogens with zero attached hydrogens (tertiary/aromatic N) is 2. The van der Waals surface area contributed by atoms with Crippen molar-refractivity contribution in [1.82, 2.24) is 20.4 Å². The lowest BCUT2D eigenvalue weighted by atomic mass is 9.90. The van der Waals surface area contributed by atoms with Gasteiger partial charge in [-0.2, -0.15) is 5.10 Å². The van der Waals surface area contributed by atoms with E-state index in [1.165, 1.54) is 38.8 Å². The van der Waals surface area contributed by atoms with Crippen molar-refractivity contribution < 1.29 is 4.79 Å². The first-order chi connectivity index (χ1) is 9.33. The Morgan fingerprint density at radius 3 is 2.63 bits per heavy atom. The molecule has 5 nitrogen and oxygen atoms in total. The molecule has 1 aliphatic carbocycles. The van der Waals surface area contributed by atoms with Crippen LogP contribution in [0.3, 0.4) is 0 Å². The third-order valence-corrected chi connectivity index (χ3v) is 4.42. The van der Waals surface area contributed by atoms with Crippen LogP contribution in [0.1, 0.15) is 49.0 Å². The van der Waals surface area contributed by atoms with Crippen molar-refractivity contribution >= 4 is 5.91 Å². The summed E-state index contributed by atoms with van der Waals surface area (Å²) in [7, 11) is 0. The summed E-state index contributed by atoms with van der Waals surface area (Å²) in [5.74, 6) is -0.0501. The second kappa shape index (κ2) is 5.74. The van der Waals surface area contributed by atoms with E-state index in [9.17, 15) is 4.79 Å². The lowest BCUT2D eigenvalue weighted by Crippen LogP contribution is -2.43. The van der Waals surface area contributed by atoms with Crippen LogP contribution in [-0.2, 0) is 0 Å². The van der Waals surface area contributed by atoms with E-state index in [2.05, 4.69) is 20.4 Å². The Balaban J connectivity index is 1.46. The van der Waals surface area contributed by atoms with E-state index < -0.39 is 0 Å². The molecule has 0 atom stereocenters. The van der Waals surface area contributed by atoms with Crippen molar-refractivity contribution in [3.8, 4) is 0 Å². The smallest absolute Gasteiger partial charge is 0.271 e. The zero-order valence-electron chi connectivity index (χ0n) is 11.3. The van der Waals surface area contributed by atoms with Crippen LogP contribution in [0.2, 0.25) is 0 Å². The lowest BCUT2D eigenvalue weighted by molar-refractivity contribution is 0.0906. The van der Waals surface area contributed by atoms with Gasteiger partial charge in [0.05, 0.1) is 0 Å². The van der Waals surface area contributed by atoms with Crippen molar-refractivity contribution in [3.63, 3.8) is 0 Å². The molecular formula is C14H22N4O. The van der Waals surface area contributed by atoms with Crippen molar-refractivity contribution in [1.29, 1.82) is 0 Å². The largest absolute Gasteiger partial charge is 0.348 e. The zero-order chi connectivity index (χ0) is 13.1. The maximum Gasteiger partial charge on any atom is 0.271 e. The number of aromatic nitrogens is 2. The van der Waals surface area contributed by atoms with Gasteiger partial charge in [-0.3, -0.25) is 9.89 Å². The van der Waals surface area contributed by atoms with Crippen molar-refractivity contribution in [2.24, 2.45) is 0 Å². The molecule has 2 aliphatic rings. The number of hydrogen-bond acceptors (Lipinski definition) is 3. The van der Waals surface area contributed by atoms with Crippen molar-refractivity contribution in [2.45, 2.75) is 50.6 Å². The minimum atomic E-state index is -0.0501. The predicted octanol–water partition coefficient (Wildman–Crippen LogP) is 1.55. The van der Waals surface area contributed by atoms with Gasteiger partial charge in [-0.25, -0.2) is 0 Å². The van der Waals surface area contributed by atoms with E-state index in [1.807, 2.05) is 0 Å². The maximum absolute atomic E-state index is 11.9. The van der Waals surface area contributed by atoms with E-state index in [-0.39, 0.29) is 5.91 Å². The molecule has 0 unspecified atom stereocenters. The SMILES string of the molecule is O=C(NC1CCC(N2CCCC2)CC1)c1cc[nH]n1. The maximum atomic E-state index is 11.9. The molecule has 2 heterocycles. The summed E-state index contributed by atoms with van der Waals surface area (Å²) in [5.41, 5.74) is 0.488. The van der Waals surface area contributed by atoms with Gasteiger partial charge < -0.3 is 10.2 Å². The second-order valence-corrected chi connectivity index (χ2v) is 5.68. The molecule has 1 saturated heterocycles. The Bertz CT molecular complexity index is 403. The van der Waals surface area contributed by atoms with Crippen LogP contribution in [-0.4, -0.2) is 46.2 Å². The number of H-pyrrole nitrogens is 1. The summed E-state index contributed by atoms with van der Waals surface area (Å²) < 4.78 is 0. The summed E-state index contributed by atoms with van der Waals surface area (Å²) in [6.45, 7) is 2.55. The summed E-state index contributed by atoms with van der Waals surface area (Å²) >= 11 is 0. The Labute approximate surface area is 113 Å². The molecule has 5 heteroatoms. The normalized spacial score (nSPS) is 28.4. The summed E-state index contributed by atoms with van der Waals surface area (Å²) in [6, 6.07) is 2.79. The van der Waals surface area contributed by atoms with Gasteiger partial charge in [0.2, 0.25) is 0 Å². The van der Waals surface area contributed by atoms with Crippen LogP contribution in [0.25, 0.3) is 0 Å². The van der Waals surface area contributed by atoms with Crippen molar-refractivity contribution in [3.05, 3.63) is 18.0 Å². The topological polar surface area (TPSA) is 61.0 Å². The monoisotopic (exact) mass is 262 g/mol. The van der Waals surface area contributed by atoms with Crippen LogP contribution in [0.5, 0.6) is 0 Å². The van der Waals surface area contributed by atoms with Crippen LogP contribution < -0.4 is 5.32 Å². The lowest BCUT2D eigenvalue weighted by Gasteiger charge is -2.34. The molecule has 0 spiro atoms. The molecule has 2 N–H and O–H groups in total. The van der Waals surface area contributed by atoms with E-state index in [0.29, 0.717) is 11.7 Å². The fraction of sp³-hybridized carbons (Fsp3) is 0.714. The van der Waals surface area contributed by atoms with Crippen LogP contribution >= 0.6 is 0 Å². The predicted molar refractivity (Wildman–Crippen MR) is 72.9 cm³/mol. The van der Waals surface area contributed by atoms with Gasteiger partial charge in [-0.1, -0.05) is 0 Å². The van der Waals surface area contributed by atoms with Crippen molar-refractivity contribution in [2.75, 3.05) is 13.1 Å². The molecule has 0 aromatic carbocycles. The number of hydrogen-bond donors (Lipinski definition) is 2. The number of nitrogens with one attached hydrogen (secondary N) is 2. The third-order valence-electron chi connectivity index (χ3n) is 4.42. The highest BCUT2D eigenvalue weighted by Gasteiger charge is 2.28. The molecule has 19 heavy (non-hydrogen) atoms. The van der Waals surface area contributed by atoms with Gasteiger partial charge in [0.1, 0.15) is 5.69 Å². The van der Waals surface area contributed by atoms with Crippen LogP contribution in [0.4, 0.5) is 0 Å². The zero-order valence-corrected chi connectivity index (χ0v) is 11.3. The highest BCUT2D eigenvalue weighted by molar-refractivity contribution is 5.92. The Hall–Kier alpha value is -1.36. The number of likely N-dealkylation sites (tertiary alicyclic amines) is 1. The molecule has 0 bridgehead atoms. The fourth-order valence-corrected chi connectivity index (χ4v) is 3.34. The van der Waals surface area contributed by atoms with Gasteiger partial charge in [-0.15, -0.1) is 0 Å². The first-order valence-corrected chi connectivity index (χ1v) is 7.37. The van der Waals surface area contributed by atoms with E-state index in [4.69, 9.17) is 0 Å². The Morgan fingerprint density at radius 2 is 2.00 bits per heavy atom. The highest BCUT2D eigenvalue weighted by Crippen LogP contribution is 2.26. The van der Waals surface area contributed by atoms with Crippen LogP contribution in [0, 0.1) is 0 Å². The summed E-state index contributed by atoms with van der Waals surface area (Å²) in [6.07, 6.45) is 9.01. The fourth-order valence-electron chi connectivity index (χ4n) is 3.34. The van der Waals surface area contributed by atoms with Gasteiger partial charge in [0.25, 0.3) is 5.91 Å². The molecule has 1 aromatic heterocycles. The number of amides is 1. The molecule has 1 saturated carbocycles. The van der Waals surface area contributed by atoms with Crippen LogP contribution in [0.15, 0.2) is 12.3 Å². The van der Waals surface area contributed by atoms with E-state index >= 15 is 0 Å². The molecule has 0 radical (unpaired) electrons. The van der Waals surface area contributed by atoms with Gasteiger partial charge in [0.15, 0.2) is 0 Å². The molecular weight excluding hydrogens is 240 g/mol. The Morgan fingerprint density at radius 1 is 1.26 bits per heavy atom. The quantitative estimate of drug-likeness (QED) is 0.868. The molecule has 2 fully saturated rings. The van der Waals surface area contributed by atoms with E-state index in [0.717, 1.165) is 18.9 Å². The second-order valence-electron chi connectivity index (χ2n) is 5.68. The number of carbonyl (C=O) groups excluding carboxylic acids is 1. The third kappa shape index (κ3) is 2.97. The molecule has 104 valence electrons. The summed E-state index contributed by atoms with van der Waals surface area (Å²) in [5, 5.41) is 9.68. The Kier molecular flexibility index (Phi) is 3.82. The van der Waals surface area contributed by atoms with Gasteiger partial charge in [-0.05, 0) is 57.7 Å².